The van der Waals surface area contributed by atoms with E-state index >= 15 is 0 Å². The van der Waals surface area contributed by atoms with Gasteiger partial charge < -0.3 is 23.2 Å². The van der Waals surface area contributed by atoms with Crippen LogP contribution in [0.15, 0.2) is 33.6 Å². The molecule has 1 atom stereocenters. The first-order chi connectivity index (χ1) is 11.2. The molecule has 2 aliphatic rings. The summed E-state index contributed by atoms with van der Waals surface area (Å²) in [5.41, 5.74) is 0.275. The molecule has 1 unspecified atom stereocenters. The van der Waals surface area contributed by atoms with Crippen LogP contribution >= 0.6 is 0 Å². The number of rotatable bonds is 2. The average Bonchev–Trinajstić information content (AvgIpc) is 3.28. The average molecular weight is 318 g/mol. The van der Waals surface area contributed by atoms with Crippen molar-refractivity contribution in [1.82, 2.24) is 9.88 Å². The van der Waals surface area contributed by atoms with Gasteiger partial charge in [0.25, 0.3) is 5.91 Å². The van der Waals surface area contributed by atoms with Crippen LogP contribution in [0.25, 0.3) is 11.5 Å². The van der Waals surface area contributed by atoms with Crippen molar-refractivity contribution < 1.29 is 23.1 Å². The first kappa shape index (κ1) is 14.5. The minimum atomic E-state index is -0.524. The maximum absolute atomic E-state index is 12.7. The van der Waals surface area contributed by atoms with Gasteiger partial charge >= 0.3 is 0 Å². The number of amides is 1. The molecule has 0 radical (unpaired) electrons. The fraction of sp³-hybridized carbons (Fsp3) is 0.500. The van der Waals surface area contributed by atoms with Crippen LogP contribution in [-0.4, -0.2) is 47.4 Å². The number of oxazole rings is 1. The number of likely N-dealkylation sites (tertiary alicyclic amines) is 1. The number of hydrogen-bond donors (Lipinski definition) is 0. The lowest BCUT2D eigenvalue weighted by molar-refractivity contribution is -0.189. The molecule has 4 heterocycles. The predicted octanol–water partition coefficient (Wildman–Crippen LogP) is 2.30. The minimum absolute atomic E-state index is 0.110. The summed E-state index contributed by atoms with van der Waals surface area (Å²) in [7, 11) is 0. The maximum Gasteiger partial charge on any atom is 0.276 e. The molecule has 2 aromatic rings. The van der Waals surface area contributed by atoms with E-state index in [-0.39, 0.29) is 17.7 Å². The van der Waals surface area contributed by atoms with E-state index in [2.05, 4.69) is 4.98 Å². The molecule has 23 heavy (non-hydrogen) atoms. The molecule has 4 rings (SSSR count). The van der Waals surface area contributed by atoms with Crippen molar-refractivity contribution in [3.63, 3.8) is 0 Å². The highest BCUT2D eigenvalue weighted by molar-refractivity contribution is 5.97. The molecule has 7 nitrogen and oxygen atoms in total. The van der Waals surface area contributed by atoms with E-state index in [4.69, 9.17) is 18.3 Å². The third-order valence-electron chi connectivity index (χ3n) is 4.32. The molecule has 0 bridgehead atoms. The third kappa shape index (κ3) is 2.55. The predicted molar refractivity (Wildman–Crippen MR) is 78.6 cm³/mol. The van der Waals surface area contributed by atoms with Crippen LogP contribution < -0.4 is 0 Å². The fourth-order valence-corrected chi connectivity index (χ4v) is 3.15. The molecule has 7 heteroatoms. The lowest BCUT2D eigenvalue weighted by atomic mass is 10.0. The Morgan fingerprint density at radius 3 is 2.83 bits per heavy atom. The van der Waals surface area contributed by atoms with Crippen LogP contribution in [0.5, 0.6) is 0 Å². The van der Waals surface area contributed by atoms with Crippen molar-refractivity contribution in [1.29, 1.82) is 0 Å². The number of carbonyl (C=O) groups excluding carboxylic acids is 1. The molecule has 2 fully saturated rings. The zero-order valence-electron chi connectivity index (χ0n) is 12.9. The van der Waals surface area contributed by atoms with Gasteiger partial charge in [-0.05, 0) is 19.1 Å². The molecular weight excluding hydrogens is 300 g/mol. The number of furan rings is 1. The Labute approximate surface area is 133 Å². The Morgan fingerprint density at radius 1 is 1.35 bits per heavy atom. The molecule has 2 aromatic heterocycles. The smallest absolute Gasteiger partial charge is 0.276 e. The Kier molecular flexibility index (Phi) is 3.46. The standard InChI is InChI=1S/C16H18N2O5/c1-11-9-22-16(23-11)4-6-18(7-5-16)15(19)13-14(21-10-17-13)12-3-2-8-20-12/h2-3,8,10-11H,4-7,9H2,1H3. The highest BCUT2D eigenvalue weighted by Gasteiger charge is 2.43. The van der Waals surface area contributed by atoms with Gasteiger partial charge in [-0.1, -0.05) is 0 Å². The van der Waals surface area contributed by atoms with Gasteiger partial charge in [0, 0.05) is 25.9 Å². The van der Waals surface area contributed by atoms with Gasteiger partial charge in [-0.15, -0.1) is 0 Å². The molecule has 1 spiro atoms. The monoisotopic (exact) mass is 318 g/mol. The molecule has 1 amide bonds. The summed E-state index contributed by atoms with van der Waals surface area (Å²) in [6.45, 7) is 3.74. The van der Waals surface area contributed by atoms with E-state index in [0.29, 0.717) is 44.1 Å². The van der Waals surface area contributed by atoms with Gasteiger partial charge in [0.05, 0.1) is 19.0 Å². The summed E-state index contributed by atoms with van der Waals surface area (Å²) >= 11 is 0. The van der Waals surface area contributed by atoms with Crippen molar-refractivity contribution in [2.75, 3.05) is 19.7 Å². The summed E-state index contributed by atoms with van der Waals surface area (Å²) in [6.07, 6.45) is 4.24. The second-order valence-electron chi connectivity index (χ2n) is 5.95. The van der Waals surface area contributed by atoms with E-state index in [0.717, 1.165) is 0 Å². The lowest BCUT2D eigenvalue weighted by Gasteiger charge is -2.37. The van der Waals surface area contributed by atoms with E-state index in [9.17, 15) is 4.79 Å². The Balaban J connectivity index is 1.48. The van der Waals surface area contributed by atoms with Crippen LogP contribution in [0.3, 0.4) is 0 Å². The normalized spacial score (nSPS) is 23.5. The van der Waals surface area contributed by atoms with Crippen molar-refractivity contribution in [2.24, 2.45) is 0 Å². The van der Waals surface area contributed by atoms with Gasteiger partial charge in [-0.25, -0.2) is 4.98 Å². The maximum atomic E-state index is 12.7. The molecule has 2 aliphatic heterocycles. The van der Waals surface area contributed by atoms with E-state index < -0.39 is 5.79 Å². The number of piperidine rings is 1. The van der Waals surface area contributed by atoms with Gasteiger partial charge in [-0.3, -0.25) is 4.79 Å². The molecule has 122 valence electrons. The molecule has 0 saturated carbocycles. The topological polar surface area (TPSA) is 77.9 Å². The molecule has 0 aliphatic carbocycles. The number of ether oxygens (including phenoxy) is 2. The number of hydrogen-bond acceptors (Lipinski definition) is 6. The lowest BCUT2D eigenvalue weighted by Crippen LogP contribution is -2.47. The second kappa shape index (κ2) is 5.50. The van der Waals surface area contributed by atoms with Crippen LogP contribution in [0, 0.1) is 0 Å². The summed E-state index contributed by atoms with van der Waals surface area (Å²) < 4.78 is 22.3. The summed E-state index contributed by atoms with van der Waals surface area (Å²) in [4.78, 5) is 18.5. The second-order valence-corrected chi connectivity index (χ2v) is 5.95. The van der Waals surface area contributed by atoms with Crippen LogP contribution in [0.1, 0.15) is 30.3 Å². The highest BCUT2D eigenvalue weighted by Crippen LogP contribution is 2.34. The number of carbonyl (C=O) groups is 1. The van der Waals surface area contributed by atoms with E-state index in [1.165, 1.54) is 12.7 Å². The van der Waals surface area contributed by atoms with Crippen molar-refractivity contribution in [3.05, 3.63) is 30.5 Å². The first-order valence-electron chi connectivity index (χ1n) is 7.75. The van der Waals surface area contributed by atoms with Gasteiger partial charge in [0.15, 0.2) is 23.6 Å². The minimum Gasteiger partial charge on any atom is -0.461 e. The number of aromatic nitrogens is 1. The zero-order chi connectivity index (χ0) is 15.9. The summed E-state index contributed by atoms with van der Waals surface area (Å²) in [6, 6.07) is 3.48. The summed E-state index contributed by atoms with van der Waals surface area (Å²) in [5, 5.41) is 0. The van der Waals surface area contributed by atoms with Gasteiger partial charge in [0.1, 0.15) is 0 Å². The van der Waals surface area contributed by atoms with E-state index in [1.54, 1.807) is 17.0 Å². The van der Waals surface area contributed by atoms with Crippen LogP contribution in [-0.2, 0) is 9.47 Å². The highest BCUT2D eigenvalue weighted by atomic mass is 16.7. The van der Waals surface area contributed by atoms with Gasteiger partial charge in [-0.2, -0.15) is 0 Å². The van der Waals surface area contributed by atoms with Crippen LogP contribution in [0.4, 0.5) is 0 Å². The van der Waals surface area contributed by atoms with Crippen molar-refractivity contribution in [3.8, 4) is 11.5 Å². The molecule has 2 saturated heterocycles. The first-order valence-corrected chi connectivity index (χ1v) is 7.75. The van der Waals surface area contributed by atoms with E-state index in [1.807, 2.05) is 6.92 Å². The molecule has 0 N–H and O–H groups in total. The molecule has 0 aromatic carbocycles. The Morgan fingerprint density at radius 2 is 2.17 bits per heavy atom. The van der Waals surface area contributed by atoms with Crippen molar-refractivity contribution in [2.45, 2.75) is 31.7 Å². The zero-order valence-corrected chi connectivity index (χ0v) is 12.9. The quantitative estimate of drug-likeness (QED) is 0.845. The fourth-order valence-electron chi connectivity index (χ4n) is 3.15. The van der Waals surface area contributed by atoms with Crippen LogP contribution in [0.2, 0.25) is 0 Å². The largest absolute Gasteiger partial charge is 0.461 e. The number of nitrogens with zero attached hydrogens (tertiary/aromatic N) is 2. The summed E-state index contributed by atoms with van der Waals surface area (Å²) in [5.74, 6) is 0.174. The molecular formula is C16H18N2O5. The van der Waals surface area contributed by atoms with Crippen molar-refractivity contribution >= 4 is 5.91 Å². The SMILES string of the molecule is CC1COC2(CCN(C(=O)c3ncoc3-c3ccco3)CC2)O1. The Bertz CT molecular complexity index is 685. The Hall–Kier alpha value is -2.12. The van der Waals surface area contributed by atoms with Gasteiger partial charge in [0.2, 0.25) is 5.76 Å². The third-order valence-corrected chi connectivity index (χ3v) is 4.32.